The third-order valence-corrected chi connectivity index (χ3v) is 1.39. The quantitative estimate of drug-likeness (QED) is 0.593. The van der Waals surface area contributed by atoms with E-state index in [0.29, 0.717) is 0 Å². The molecule has 0 N–H and O–H groups in total. The van der Waals surface area contributed by atoms with Crippen molar-refractivity contribution in [3.8, 4) is 0 Å². The molecule has 0 amide bonds. The normalized spacial score (nSPS) is 11.6. The Kier molecular flexibility index (Phi) is 5.13. The van der Waals surface area contributed by atoms with Gasteiger partial charge >= 0.3 is 0 Å². The molecule has 0 aliphatic heterocycles. The molecule has 0 aliphatic rings. The van der Waals surface area contributed by atoms with Crippen LogP contribution in [-0.2, 0) is 22.9 Å². The summed E-state index contributed by atoms with van der Waals surface area (Å²) in [5.41, 5.74) is -0.792. The van der Waals surface area contributed by atoms with Gasteiger partial charge in [-0.2, -0.15) is 17.1 Å². The fraction of sp³-hybridized carbons (Fsp3) is 1.00. The molecule has 0 aromatic rings. The van der Waals surface area contributed by atoms with Crippen molar-refractivity contribution in [1.29, 1.82) is 0 Å². The zero-order chi connectivity index (χ0) is 6.41. The summed E-state index contributed by atoms with van der Waals surface area (Å²) in [4.78, 5) is 0. The third-order valence-electron chi connectivity index (χ3n) is 0.275. The van der Waals surface area contributed by atoms with Gasteiger partial charge < -0.3 is 0 Å². The number of hydrogen-bond donors (Lipinski definition) is 1. The van der Waals surface area contributed by atoms with Crippen LogP contribution >= 0.6 is 12.6 Å². The molecule has 0 aromatic heterocycles. The highest BCUT2D eigenvalue weighted by Crippen LogP contribution is 1.94. The number of nitrogens with zero attached hydrogens (tertiary/aromatic N) is 2. The van der Waals surface area contributed by atoms with E-state index >= 15 is 0 Å². The average Bonchev–Trinajstić information content (AvgIpc) is 1.68. The zero-order valence-corrected chi connectivity index (χ0v) is 6.08. The lowest BCUT2D eigenvalue weighted by molar-refractivity contribution is 0.694. The minimum absolute atomic E-state index is 0.00231. The van der Waals surface area contributed by atoms with Crippen LogP contribution in [0.4, 0.5) is 0 Å². The molecule has 46 valence electrons. The lowest BCUT2D eigenvalue weighted by Crippen LogP contribution is -1.81. The van der Waals surface area contributed by atoms with Crippen LogP contribution in [0.2, 0.25) is 0 Å². The molecule has 0 atom stereocenters. The maximum absolute atomic E-state index is 9.54. The van der Waals surface area contributed by atoms with Crippen LogP contribution in [0.25, 0.3) is 0 Å². The average molecular weight is 170 g/mol. The highest BCUT2D eigenvalue weighted by atomic mass is 32.1. The standard InChI is InChI=1S/CH2N2O2S3/c4-7-2-1(6)3-8-5/h1,6H. The van der Waals surface area contributed by atoms with E-state index in [1.54, 1.807) is 0 Å². The van der Waals surface area contributed by atoms with E-state index in [-0.39, 0.29) is 22.9 Å². The predicted molar refractivity (Wildman–Crippen MR) is 33.9 cm³/mol. The van der Waals surface area contributed by atoms with Gasteiger partial charge in [0.1, 0.15) is 0 Å². The first-order chi connectivity index (χ1) is 3.81. The second-order valence-corrected chi connectivity index (χ2v) is 1.89. The molecule has 0 aliphatic carbocycles. The Morgan fingerprint density at radius 1 is 1.25 bits per heavy atom. The molecule has 0 heterocycles. The lowest BCUT2D eigenvalue weighted by Gasteiger charge is -1.82. The third kappa shape index (κ3) is 4.16. The molecule has 7 heteroatoms. The van der Waals surface area contributed by atoms with Crippen LogP contribution in [0.15, 0.2) is 8.73 Å². The monoisotopic (exact) mass is 170 g/mol. The molecule has 0 bridgehead atoms. The van der Waals surface area contributed by atoms with Gasteiger partial charge in [0.15, 0.2) is 0 Å². The van der Waals surface area contributed by atoms with E-state index in [0.717, 1.165) is 0 Å². The van der Waals surface area contributed by atoms with Crippen LogP contribution in [0, 0.1) is 0 Å². The molecule has 4 nitrogen and oxygen atoms in total. The Labute approximate surface area is 58.6 Å². The molecule has 0 unspecified atom stereocenters. The van der Waals surface area contributed by atoms with Crippen molar-refractivity contribution < 1.29 is 8.42 Å². The van der Waals surface area contributed by atoms with Gasteiger partial charge in [0.2, 0.25) is 28.4 Å². The summed E-state index contributed by atoms with van der Waals surface area (Å²) >= 11 is 3.62. The molecule has 0 rings (SSSR count). The van der Waals surface area contributed by atoms with Crippen molar-refractivity contribution in [3.05, 3.63) is 0 Å². The summed E-state index contributed by atoms with van der Waals surface area (Å²) in [6.07, 6.45) is 0. The van der Waals surface area contributed by atoms with Gasteiger partial charge in [0.05, 0.1) is 0 Å². The maximum Gasteiger partial charge on any atom is 0.212 e. The SMILES string of the molecule is O=S=NC(S)N=S=O. The van der Waals surface area contributed by atoms with Crippen molar-refractivity contribution in [3.63, 3.8) is 0 Å². The summed E-state index contributed by atoms with van der Waals surface area (Å²) in [6, 6.07) is 0. The van der Waals surface area contributed by atoms with Crippen LogP contribution in [0.5, 0.6) is 0 Å². The Bertz CT molecular complexity index is 139. The van der Waals surface area contributed by atoms with Crippen LogP contribution < -0.4 is 0 Å². The van der Waals surface area contributed by atoms with Gasteiger partial charge in [-0.15, -0.1) is 12.6 Å². The molecule has 0 saturated heterocycles. The largest absolute Gasteiger partial charge is 0.212 e. The van der Waals surface area contributed by atoms with E-state index in [2.05, 4.69) is 21.4 Å². The highest BCUT2D eigenvalue weighted by Gasteiger charge is 1.89. The fourth-order valence-electron chi connectivity index (χ4n) is 0.0962. The van der Waals surface area contributed by atoms with E-state index in [1.807, 2.05) is 0 Å². The Morgan fingerprint density at radius 2 is 1.62 bits per heavy atom. The van der Waals surface area contributed by atoms with Crippen molar-refractivity contribution in [2.75, 3.05) is 0 Å². The zero-order valence-electron chi connectivity index (χ0n) is 3.55. The summed E-state index contributed by atoms with van der Waals surface area (Å²) in [5.74, 6) is 0. The first-order valence-corrected chi connectivity index (χ1v) is 3.39. The Morgan fingerprint density at radius 3 is 1.88 bits per heavy atom. The van der Waals surface area contributed by atoms with Crippen molar-refractivity contribution in [2.24, 2.45) is 8.73 Å². The van der Waals surface area contributed by atoms with Gasteiger partial charge in [-0.25, -0.2) is 0 Å². The summed E-state index contributed by atoms with van der Waals surface area (Å²) in [5, 5.41) is 0. The molecule has 0 fully saturated rings. The Balaban J connectivity index is 3.82. The molecular formula is CH2N2O2S3. The Hall–Kier alpha value is -0.0100. The van der Waals surface area contributed by atoms with Crippen LogP contribution in [0.1, 0.15) is 0 Å². The lowest BCUT2D eigenvalue weighted by atomic mass is 11.2. The molecule has 0 aromatic carbocycles. The summed E-state index contributed by atoms with van der Waals surface area (Å²) in [6.45, 7) is 0. The minimum atomic E-state index is -0.792. The van der Waals surface area contributed by atoms with Gasteiger partial charge in [-0.1, -0.05) is 0 Å². The van der Waals surface area contributed by atoms with Gasteiger partial charge in [0, 0.05) is 0 Å². The minimum Gasteiger partial charge on any atom is -0.191 e. The molecule has 0 saturated carbocycles. The van der Waals surface area contributed by atoms with E-state index in [1.165, 1.54) is 0 Å². The molecule has 0 radical (unpaired) electrons. The van der Waals surface area contributed by atoms with E-state index in [9.17, 15) is 8.42 Å². The van der Waals surface area contributed by atoms with Crippen LogP contribution in [-0.4, -0.2) is 13.9 Å². The summed E-state index contributed by atoms with van der Waals surface area (Å²) < 4.78 is 25.4. The molecule has 8 heavy (non-hydrogen) atoms. The first-order valence-electron chi connectivity index (χ1n) is 1.47. The number of rotatable bonds is 2. The van der Waals surface area contributed by atoms with Crippen molar-refractivity contribution in [2.45, 2.75) is 5.50 Å². The highest BCUT2D eigenvalue weighted by molar-refractivity contribution is 7.81. The molecule has 0 spiro atoms. The van der Waals surface area contributed by atoms with Gasteiger partial charge in [-0.3, -0.25) is 0 Å². The topological polar surface area (TPSA) is 58.9 Å². The van der Waals surface area contributed by atoms with Crippen molar-refractivity contribution in [1.82, 2.24) is 0 Å². The molecular weight excluding hydrogens is 168 g/mol. The first kappa shape index (κ1) is 7.99. The van der Waals surface area contributed by atoms with Gasteiger partial charge in [0.25, 0.3) is 0 Å². The van der Waals surface area contributed by atoms with Gasteiger partial charge in [-0.05, 0) is 0 Å². The second-order valence-electron chi connectivity index (χ2n) is 0.706. The number of thiol groups is 1. The summed E-state index contributed by atoms with van der Waals surface area (Å²) in [7, 11) is 0. The predicted octanol–water partition coefficient (Wildman–Crippen LogP) is -0.00700. The fourth-order valence-corrected chi connectivity index (χ4v) is 0.635. The maximum atomic E-state index is 9.54. The van der Waals surface area contributed by atoms with E-state index < -0.39 is 5.50 Å². The van der Waals surface area contributed by atoms with E-state index in [4.69, 9.17) is 0 Å². The second kappa shape index (κ2) is 5.13. The number of hydrogen-bond acceptors (Lipinski definition) is 5. The van der Waals surface area contributed by atoms with Crippen molar-refractivity contribution >= 4 is 35.6 Å². The smallest absolute Gasteiger partial charge is 0.191 e. The van der Waals surface area contributed by atoms with Crippen LogP contribution in [0.3, 0.4) is 0 Å².